The Morgan fingerprint density at radius 3 is 1.27 bits per heavy atom. The predicted octanol–water partition coefficient (Wildman–Crippen LogP) is 3.29. The van der Waals surface area contributed by atoms with E-state index in [2.05, 4.69) is 0 Å². The minimum Gasteiger partial charge on any atom is -0.457 e. The summed E-state index contributed by atoms with van der Waals surface area (Å²) in [6, 6.07) is 19.5. The zero-order chi connectivity index (χ0) is 8.93. The Labute approximate surface area is 90.5 Å². The summed E-state index contributed by atoms with van der Waals surface area (Å²) >= 11 is 0. The number of rotatable bonds is 2. The summed E-state index contributed by atoms with van der Waals surface area (Å²) in [5, 5.41) is 0. The van der Waals surface area contributed by atoms with Crippen LogP contribution in [0.4, 0.5) is 0 Å². The molecule has 0 fully saturated rings. The van der Waals surface area contributed by atoms with Crippen LogP contribution in [-0.2, 0) is 0 Å². The molecule has 0 radical (unpaired) electrons. The van der Waals surface area contributed by atoms with Crippen LogP contribution in [-0.4, -0.2) is 5.48 Å². The Morgan fingerprint density at radius 1 is 0.600 bits per heavy atom. The third-order valence-corrected chi connectivity index (χ3v) is 1.72. The molecule has 2 N–H and O–H groups in total. The van der Waals surface area contributed by atoms with Gasteiger partial charge in [0.1, 0.15) is 11.5 Å². The van der Waals surface area contributed by atoms with Gasteiger partial charge in [-0.3, -0.25) is 0 Å². The second-order valence-electron chi connectivity index (χ2n) is 2.73. The topological polar surface area (TPSA) is 40.7 Å². The Morgan fingerprint density at radius 2 is 0.933 bits per heavy atom. The lowest BCUT2D eigenvalue weighted by molar-refractivity contribution is 0.482. The fourth-order valence-corrected chi connectivity index (χ4v) is 1.11. The minimum absolute atomic E-state index is 0. The fourth-order valence-electron chi connectivity index (χ4n) is 1.11. The molecule has 0 atom stereocenters. The first-order valence-corrected chi connectivity index (χ1v) is 4.23. The van der Waals surface area contributed by atoms with Crippen LogP contribution in [0, 0.1) is 0 Å². The van der Waals surface area contributed by atoms with Crippen LogP contribution in [0.15, 0.2) is 60.7 Å². The first-order valence-electron chi connectivity index (χ1n) is 4.23. The highest BCUT2D eigenvalue weighted by molar-refractivity contribution is 5.30. The van der Waals surface area contributed by atoms with Gasteiger partial charge in [0.15, 0.2) is 0 Å². The molecule has 0 unspecified atom stereocenters. The molecule has 80 valence electrons. The van der Waals surface area contributed by atoms with Crippen molar-refractivity contribution < 1.29 is 10.2 Å². The molecule has 0 aliphatic carbocycles. The molecule has 2 heteroatoms. The van der Waals surface area contributed by atoms with Gasteiger partial charge in [0.25, 0.3) is 0 Å². The molecule has 2 rings (SSSR count). The predicted molar refractivity (Wildman–Crippen MR) is 63.3 cm³/mol. The third-order valence-electron chi connectivity index (χ3n) is 1.72. The SMILES string of the molecule is C.O.c1ccc(Oc2ccccc2)cc1. The van der Waals surface area contributed by atoms with Crippen molar-refractivity contribution in [2.75, 3.05) is 0 Å². The van der Waals surface area contributed by atoms with Crippen LogP contribution in [0.25, 0.3) is 0 Å². The molecular formula is C13H16O2. The van der Waals surface area contributed by atoms with E-state index >= 15 is 0 Å². The number of hydrogen-bond acceptors (Lipinski definition) is 1. The van der Waals surface area contributed by atoms with Crippen LogP contribution in [0.5, 0.6) is 11.5 Å². The van der Waals surface area contributed by atoms with E-state index in [0.29, 0.717) is 0 Å². The van der Waals surface area contributed by atoms with Crippen molar-refractivity contribution in [3.05, 3.63) is 60.7 Å². The maximum atomic E-state index is 5.58. The monoisotopic (exact) mass is 204 g/mol. The average molecular weight is 204 g/mol. The van der Waals surface area contributed by atoms with E-state index in [1.807, 2.05) is 60.7 Å². The lowest BCUT2D eigenvalue weighted by Gasteiger charge is -2.03. The van der Waals surface area contributed by atoms with Crippen LogP contribution in [0.1, 0.15) is 7.43 Å². The summed E-state index contributed by atoms with van der Waals surface area (Å²) in [5.41, 5.74) is 0. The van der Waals surface area contributed by atoms with Crippen LogP contribution in [0.2, 0.25) is 0 Å². The molecule has 2 nitrogen and oxygen atoms in total. The van der Waals surface area contributed by atoms with Crippen molar-refractivity contribution in [2.24, 2.45) is 0 Å². The van der Waals surface area contributed by atoms with Gasteiger partial charge < -0.3 is 10.2 Å². The van der Waals surface area contributed by atoms with Crippen molar-refractivity contribution in [2.45, 2.75) is 7.43 Å². The van der Waals surface area contributed by atoms with Crippen LogP contribution < -0.4 is 4.74 Å². The molecule has 15 heavy (non-hydrogen) atoms. The number of hydrogen-bond donors (Lipinski definition) is 0. The molecule has 0 saturated heterocycles. The Balaban J connectivity index is 0.000000980. The normalized spacial score (nSPS) is 8.27. The Kier molecular flexibility index (Phi) is 5.83. The van der Waals surface area contributed by atoms with Gasteiger partial charge in [-0.05, 0) is 24.3 Å². The molecule has 0 saturated carbocycles. The largest absolute Gasteiger partial charge is 0.457 e. The molecule has 2 aromatic rings. The first-order chi connectivity index (χ1) is 6.45. The summed E-state index contributed by atoms with van der Waals surface area (Å²) in [4.78, 5) is 0. The van der Waals surface area contributed by atoms with Crippen LogP contribution >= 0.6 is 0 Å². The molecule has 0 aliphatic rings. The van der Waals surface area contributed by atoms with Gasteiger partial charge in [0.2, 0.25) is 0 Å². The molecule has 0 spiro atoms. The summed E-state index contributed by atoms with van der Waals surface area (Å²) in [6.45, 7) is 0. The molecule has 2 aromatic carbocycles. The van der Waals surface area contributed by atoms with Crippen molar-refractivity contribution in [1.29, 1.82) is 0 Å². The Hall–Kier alpha value is -1.80. The molecule has 0 aromatic heterocycles. The van der Waals surface area contributed by atoms with Gasteiger partial charge in [-0.15, -0.1) is 0 Å². The second-order valence-corrected chi connectivity index (χ2v) is 2.73. The number of benzene rings is 2. The lowest BCUT2D eigenvalue weighted by atomic mass is 10.3. The summed E-state index contributed by atoms with van der Waals surface area (Å²) in [6.07, 6.45) is 0. The number of ether oxygens (including phenoxy) is 1. The highest BCUT2D eigenvalue weighted by Gasteiger charge is 1.92. The zero-order valence-corrected chi connectivity index (χ0v) is 7.68. The van der Waals surface area contributed by atoms with Gasteiger partial charge in [-0.25, -0.2) is 0 Å². The van der Waals surface area contributed by atoms with E-state index in [9.17, 15) is 0 Å². The third kappa shape index (κ3) is 3.83. The van der Waals surface area contributed by atoms with E-state index in [1.54, 1.807) is 0 Å². The van der Waals surface area contributed by atoms with Gasteiger partial charge in [0, 0.05) is 0 Å². The molecular weight excluding hydrogens is 188 g/mol. The minimum atomic E-state index is 0. The maximum Gasteiger partial charge on any atom is 0.127 e. The summed E-state index contributed by atoms with van der Waals surface area (Å²) < 4.78 is 5.58. The smallest absolute Gasteiger partial charge is 0.127 e. The summed E-state index contributed by atoms with van der Waals surface area (Å²) in [5.74, 6) is 1.74. The van der Waals surface area contributed by atoms with E-state index in [0.717, 1.165) is 11.5 Å². The van der Waals surface area contributed by atoms with Crippen molar-refractivity contribution in [3.8, 4) is 11.5 Å². The summed E-state index contributed by atoms with van der Waals surface area (Å²) in [7, 11) is 0. The fraction of sp³-hybridized carbons (Fsp3) is 0.0769. The second kappa shape index (κ2) is 6.62. The van der Waals surface area contributed by atoms with Gasteiger partial charge in [-0.1, -0.05) is 43.8 Å². The molecule has 0 amide bonds. The molecule has 0 aliphatic heterocycles. The molecule has 0 heterocycles. The lowest BCUT2D eigenvalue weighted by Crippen LogP contribution is -1.81. The van der Waals surface area contributed by atoms with Crippen LogP contribution in [0.3, 0.4) is 0 Å². The zero-order valence-electron chi connectivity index (χ0n) is 7.68. The highest BCUT2D eigenvalue weighted by atomic mass is 16.5. The average Bonchev–Trinajstić information content (AvgIpc) is 2.21. The van der Waals surface area contributed by atoms with Crippen molar-refractivity contribution >= 4 is 0 Å². The maximum absolute atomic E-state index is 5.58. The van der Waals surface area contributed by atoms with Gasteiger partial charge in [0.05, 0.1) is 0 Å². The van der Waals surface area contributed by atoms with E-state index in [4.69, 9.17) is 4.74 Å². The quantitative estimate of drug-likeness (QED) is 0.740. The molecule has 0 bridgehead atoms. The van der Waals surface area contributed by atoms with Crippen molar-refractivity contribution in [1.82, 2.24) is 0 Å². The van der Waals surface area contributed by atoms with E-state index in [-0.39, 0.29) is 12.9 Å². The first kappa shape index (κ1) is 13.2. The standard InChI is InChI=1S/C12H10O.CH4.H2O/c1-3-7-11(8-4-1)13-12-9-5-2-6-10-12;;/h1-10H;1H4;1H2. The highest BCUT2D eigenvalue weighted by Crippen LogP contribution is 2.19. The van der Waals surface area contributed by atoms with Gasteiger partial charge >= 0.3 is 0 Å². The van der Waals surface area contributed by atoms with Crippen molar-refractivity contribution in [3.63, 3.8) is 0 Å². The van der Waals surface area contributed by atoms with E-state index in [1.165, 1.54) is 0 Å². The Bertz CT molecular complexity index is 319. The van der Waals surface area contributed by atoms with E-state index < -0.39 is 0 Å². The number of para-hydroxylation sites is 2. The van der Waals surface area contributed by atoms with Gasteiger partial charge in [-0.2, -0.15) is 0 Å².